The molecule has 1 aliphatic heterocycles. The third-order valence-electron chi connectivity index (χ3n) is 5.52. The van der Waals surface area contributed by atoms with Gasteiger partial charge < -0.3 is 4.74 Å². The molecule has 4 nitrogen and oxygen atoms in total. The van der Waals surface area contributed by atoms with Crippen LogP contribution in [0.3, 0.4) is 0 Å². The van der Waals surface area contributed by atoms with Crippen LogP contribution in [0.5, 0.6) is 0 Å². The zero-order valence-corrected chi connectivity index (χ0v) is 17.5. The van der Waals surface area contributed by atoms with E-state index in [-0.39, 0.29) is 0 Å². The molecule has 0 N–H and O–H groups in total. The Balaban J connectivity index is 1.46. The molecule has 0 saturated carbocycles. The number of morpholine rings is 1. The molecule has 28 heavy (non-hydrogen) atoms. The first-order valence-electron chi connectivity index (χ1n) is 10.2. The molecule has 3 heterocycles. The summed E-state index contributed by atoms with van der Waals surface area (Å²) in [5.41, 5.74) is 3.86. The highest BCUT2D eigenvalue weighted by Crippen LogP contribution is 2.22. The van der Waals surface area contributed by atoms with Crippen molar-refractivity contribution in [1.29, 1.82) is 0 Å². The van der Waals surface area contributed by atoms with E-state index in [2.05, 4.69) is 63.5 Å². The first kappa shape index (κ1) is 19.5. The van der Waals surface area contributed by atoms with Crippen LogP contribution in [0.15, 0.2) is 48.0 Å². The van der Waals surface area contributed by atoms with Crippen molar-refractivity contribution in [3.05, 3.63) is 64.0 Å². The molecule has 1 aliphatic rings. The van der Waals surface area contributed by atoms with Crippen molar-refractivity contribution in [2.75, 3.05) is 39.4 Å². The molecule has 0 radical (unpaired) electrons. The summed E-state index contributed by atoms with van der Waals surface area (Å²) in [5.74, 6) is 0. The Kier molecular flexibility index (Phi) is 6.70. The summed E-state index contributed by atoms with van der Waals surface area (Å²) >= 11 is 1.87. The van der Waals surface area contributed by atoms with E-state index in [1.807, 2.05) is 17.5 Å². The minimum Gasteiger partial charge on any atom is -0.379 e. The summed E-state index contributed by atoms with van der Waals surface area (Å²) in [6.07, 6.45) is 3.13. The van der Waals surface area contributed by atoms with Crippen LogP contribution in [0.25, 0.3) is 10.9 Å². The van der Waals surface area contributed by atoms with Gasteiger partial charge in [0.1, 0.15) is 0 Å². The topological polar surface area (TPSA) is 28.6 Å². The Morgan fingerprint density at radius 1 is 1.11 bits per heavy atom. The van der Waals surface area contributed by atoms with Gasteiger partial charge in [-0.15, -0.1) is 11.3 Å². The Morgan fingerprint density at radius 2 is 1.96 bits per heavy atom. The van der Waals surface area contributed by atoms with Crippen molar-refractivity contribution in [2.24, 2.45) is 0 Å². The SMILES string of the molecule is Cc1ccsc1CN(CCCN1CCOCC1)Cc1ccnc2ccccc12. The molecule has 5 heteroatoms. The number of ether oxygens (including phenoxy) is 1. The summed E-state index contributed by atoms with van der Waals surface area (Å²) in [6, 6.07) is 12.9. The van der Waals surface area contributed by atoms with Gasteiger partial charge in [-0.3, -0.25) is 14.8 Å². The van der Waals surface area contributed by atoms with E-state index in [1.165, 1.54) is 27.8 Å². The molecular formula is C23H29N3OS. The number of benzene rings is 1. The molecule has 1 saturated heterocycles. The molecule has 1 aromatic carbocycles. The van der Waals surface area contributed by atoms with Gasteiger partial charge in [0.05, 0.1) is 18.7 Å². The normalized spacial score (nSPS) is 15.5. The van der Waals surface area contributed by atoms with Crippen LogP contribution in [-0.4, -0.2) is 54.2 Å². The van der Waals surface area contributed by atoms with Gasteiger partial charge in [-0.25, -0.2) is 0 Å². The fourth-order valence-corrected chi connectivity index (χ4v) is 4.81. The number of pyridine rings is 1. The first-order valence-corrected chi connectivity index (χ1v) is 11.1. The third kappa shape index (κ3) is 4.97. The number of para-hydroxylation sites is 1. The Bertz CT molecular complexity index is 883. The average Bonchev–Trinajstić information content (AvgIpc) is 3.13. The number of fused-ring (bicyclic) bond motifs is 1. The second-order valence-electron chi connectivity index (χ2n) is 7.53. The van der Waals surface area contributed by atoms with Crippen LogP contribution < -0.4 is 0 Å². The van der Waals surface area contributed by atoms with Gasteiger partial charge in [0, 0.05) is 49.2 Å². The molecule has 0 unspecified atom stereocenters. The second-order valence-corrected chi connectivity index (χ2v) is 8.53. The first-order chi connectivity index (χ1) is 13.8. The molecule has 1 fully saturated rings. The van der Waals surface area contributed by atoms with Crippen molar-refractivity contribution in [2.45, 2.75) is 26.4 Å². The summed E-state index contributed by atoms with van der Waals surface area (Å²) in [7, 11) is 0. The van der Waals surface area contributed by atoms with Gasteiger partial charge >= 0.3 is 0 Å². The van der Waals surface area contributed by atoms with E-state index in [1.54, 1.807) is 0 Å². The number of aryl methyl sites for hydroxylation is 1. The third-order valence-corrected chi connectivity index (χ3v) is 6.53. The summed E-state index contributed by atoms with van der Waals surface area (Å²) in [6.45, 7) is 10.3. The standard InChI is InChI=1S/C23H29N3OS/c1-19-8-16-28-23(19)18-26(11-4-10-25-12-14-27-15-13-25)17-20-7-9-24-22-6-3-2-5-21(20)22/h2-3,5-9,16H,4,10-15,17-18H2,1H3. The number of rotatable bonds is 8. The van der Waals surface area contributed by atoms with Gasteiger partial charge in [0.25, 0.3) is 0 Å². The van der Waals surface area contributed by atoms with E-state index in [0.717, 1.165) is 58.0 Å². The summed E-state index contributed by atoms with van der Waals surface area (Å²) in [4.78, 5) is 11.1. The van der Waals surface area contributed by atoms with E-state index in [0.29, 0.717) is 0 Å². The molecular weight excluding hydrogens is 366 g/mol. The highest BCUT2D eigenvalue weighted by atomic mass is 32.1. The number of hydrogen-bond donors (Lipinski definition) is 0. The zero-order valence-electron chi connectivity index (χ0n) is 16.6. The number of thiophene rings is 1. The fourth-order valence-electron chi connectivity index (χ4n) is 3.86. The van der Waals surface area contributed by atoms with Crippen LogP contribution in [0.1, 0.15) is 22.4 Å². The highest BCUT2D eigenvalue weighted by molar-refractivity contribution is 7.10. The lowest BCUT2D eigenvalue weighted by Crippen LogP contribution is -2.38. The van der Waals surface area contributed by atoms with E-state index < -0.39 is 0 Å². The molecule has 0 amide bonds. The lowest BCUT2D eigenvalue weighted by atomic mass is 10.1. The van der Waals surface area contributed by atoms with Gasteiger partial charge in [-0.2, -0.15) is 0 Å². The van der Waals surface area contributed by atoms with E-state index in [4.69, 9.17) is 4.74 Å². The molecule has 0 bridgehead atoms. The molecule has 2 aromatic heterocycles. The largest absolute Gasteiger partial charge is 0.379 e. The van der Waals surface area contributed by atoms with Gasteiger partial charge in [0.15, 0.2) is 0 Å². The summed E-state index contributed by atoms with van der Waals surface area (Å²) < 4.78 is 5.47. The van der Waals surface area contributed by atoms with Crippen molar-refractivity contribution in [3.63, 3.8) is 0 Å². The van der Waals surface area contributed by atoms with Crippen molar-refractivity contribution >= 4 is 22.2 Å². The van der Waals surface area contributed by atoms with Crippen molar-refractivity contribution in [3.8, 4) is 0 Å². The van der Waals surface area contributed by atoms with Gasteiger partial charge in [0.2, 0.25) is 0 Å². The maximum atomic E-state index is 5.47. The lowest BCUT2D eigenvalue weighted by molar-refractivity contribution is 0.0359. The molecule has 148 valence electrons. The number of nitrogens with zero attached hydrogens (tertiary/aromatic N) is 3. The van der Waals surface area contributed by atoms with Crippen molar-refractivity contribution in [1.82, 2.24) is 14.8 Å². The van der Waals surface area contributed by atoms with Crippen LogP contribution in [0.2, 0.25) is 0 Å². The molecule has 4 rings (SSSR count). The second kappa shape index (κ2) is 9.61. The quantitative estimate of drug-likeness (QED) is 0.568. The maximum absolute atomic E-state index is 5.47. The Labute approximate surface area is 171 Å². The Morgan fingerprint density at radius 3 is 2.79 bits per heavy atom. The van der Waals surface area contributed by atoms with Crippen LogP contribution in [-0.2, 0) is 17.8 Å². The monoisotopic (exact) mass is 395 g/mol. The van der Waals surface area contributed by atoms with E-state index in [9.17, 15) is 0 Å². The van der Waals surface area contributed by atoms with Crippen molar-refractivity contribution < 1.29 is 4.74 Å². The van der Waals surface area contributed by atoms with E-state index >= 15 is 0 Å². The minimum atomic E-state index is 0.876. The molecule has 0 atom stereocenters. The minimum absolute atomic E-state index is 0.876. The van der Waals surface area contributed by atoms with Gasteiger partial charge in [-0.1, -0.05) is 18.2 Å². The number of hydrogen-bond acceptors (Lipinski definition) is 5. The van der Waals surface area contributed by atoms with Crippen LogP contribution in [0, 0.1) is 6.92 Å². The van der Waals surface area contributed by atoms with Crippen LogP contribution in [0.4, 0.5) is 0 Å². The fraction of sp³-hybridized carbons (Fsp3) is 0.435. The smallest absolute Gasteiger partial charge is 0.0705 e. The maximum Gasteiger partial charge on any atom is 0.0705 e. The highest BCUT2D eigenvalue weighted by Gasteiger charge is 2.14. The predicted molar refractivity (Wildman–Crippen MR) is 117 cm³/mol. The lowest BCUT2D eigenvalue weighted by Gasteiger charge is -2.28. The zero-order chi connectivity index (χ0) is 19.2. The number of aromatic nitrogens is 1. The molecule has 0 aliphatic carbocycles. The molecule has 3 aromatic rings. The Hall–Kier alpha value is -1.79. The van der Waals surface area contributed by atoms with Gasteiger partial charge in [-0.05, 0) is 54.6 Å². The predicted octanol–water partition coefficient (Wildman–Crippen LogP) is 4.33. The average molecular weight is 396 g/mol. The van der Waals surface area contributed by atoms with Crippen LogP contribution >= 0.6 is 11.3 Å². The molecule has 0 spiro atoms. The summed E-state index contributed by atoms with van der Waals surface area (Å²) in [5, 5.41) is 3.48.